The fourth-order valence-corrected chi connectivity index (χ4v) is 4.33. The summed E-state index contributed by atoms with van der Waals surface area (Å²) in [7, 11) is -2.06. The molecule has 1 amide bonds. The number of amides is 1. The Kier molecular flexibility index (Phi) is 5.67. The molecule has 0 saturated carbocycles. The van der Waals surface area contributed by atoms with Crippen LogP contribution >= 0.6 is 0 Å². The average Bonchev–Trinajstić information content (AvgIpc) is 3.22. The van der Waals surface area contributed by atoms with E-state index in [0.717, 1.165) is 11.1 Å². The van der Waals surface area contributed by atoms with Crippen LogP contribution in [0, 0.1) is 6.92 Å². The predicted molar refractivity (Wildman–Crippen MR) is 117 cm³/mol. The molecule has 3 aromatic carbocycles. The molecule has 0 saturated heterocycles. The van der Waals surface area contributed by atoms with Crippen LogP contribution < -0.4 is 14.8 Å². The van der Waals surface area contributed by atoms with Crippen LogP contribution in [0.25, 0.3) is 0 Å². The van der Waals surface area contributed by atoms with E-state index in [-0.39, 0.29) is 24.1 Å². The Morgan fingerprint density at radius 3 is 2.35 bits per heavy atom. The van der Waals surface area contributed by atoms with Crippen LogP contribution in [0.5, 0.6) is 11.5 Å². The first-order chi connectivity index (χ1) is 14.8. The van der Waals surface area contributed by atoms with E-state index >= 15 is 0 Å². The number of carbonyl (C=O) groups excluding carboxylic acids is 1. The Morgan fingerprint density at radius 1 is 0.968 bits per heavy atom. The summed E-state index contributed by atoms with van der Waals surface area (Å²) in [5.74, 6) is 0.962. The number of benzene rings is 3. The SMILES string of the molecule is Cc1ccc(S(=O)(=O)N(C)Cc2ccc(C(=O)Nc3ccc4c(c3)OCO4)cc2)cc1. The van der Waals surface area contributed by atoms with Gasteiger partial charge in [-0.1, -0.05) is 29.8 Å². The van der Waals surface area contributed by atoms with Crippen molar-refractivity contribution in [1.82, 2.24) is 4.31 Å². The van der Waals surface area contributed by atoms with E-state index in [4.69, 9.17) is 9.47 Å². The van der Waals surface area contributed by atoms with E-state index in [9.17, 15) is 13.2 Å². The Balaban J connectivity index is 1.41. The number of carbonyl (C=O) groups is 1. The summed E-state index contributed by atoms with van der Waals surface area (Å²) in [6.07, 6.45) is 0. The second-order valence-corrected chi connectivity index (χ2v) is 9.34. The second-order valence-electron chi connectivity index (χ2n) is 7.29. The molecule has 160 valence electrons. The fraction of sp³-hybridized carbons (Fsp3) is 0.174. The molecule has 1 N–H and O–H groups in total. The van der Waals surface area contributed by atoms with Crippen LogP contribution in [0.15, 0.2) is 71.6 Å². The highest BCUT2D eigenvalue weighted by Crippen LogP contribution is 2.34. The van der Waals surface area contributed by atoms with Gasteiger partial charge in [0, 0.05) is 30.9 Å². The normalized spacial score (nSPS) is 12.7. The van der Waals surface area contributed by atoms with Crippen LogP contribution in [-0.4, -0.2) is 32.5 Å². The molecule has 0 radical (unpaired) electrons. The number of rotatable bonds is 6. The van der Waals surface area contributed by atoms with Gasteiger partial charge in [0.05, 0.1) is 4.90 Å². The molecular weight excluding hydrogens is 416 g/mol. The van der Waals surface area contributed by atoms with Crippen LogP contribution in [0.3, 0.4) is 0 Å². The lowest BCUT2D eigenvalue weighted by atomic mass is 10.1. The Labute approximate surface area is 181 Å². The number of nitrogens with zero attached hydrogens (tertiary/aromatic N) is 1. The van der Waals surface area contributed by atoms with Gasteiger partial charge in [0.15, 0.2) is 11.5 Å². The smallest absolute Gasteiger partial charge is 0.255 e. The van der Waals surface area contributed by atoms with Crippen molar-refractivity contribution in [2.45, 2.75) is 18.4 Å². The van der Waals surface area contributed by atoms with E-state index in [2.05, 4.69) is 5.32 Å². The summed E-state index contributed by atoms with van der Waals surface area (Å²) in [5.41, 5.74) is 2.83. The molecule has 3 aromatic rings. The van der Waals surface area contributed by atoms with Crippen molar-refractivity contribution in [2.24, 2.45) is 0 Å². The Hall–Kier alpha value is -3.36. The summed E-state index contributed by atoms with van der Waals surface area (Å²) < 4.78 is 37.4. The summed E-state index contributed by atoms with van der Waals surface area (Å²) in [6, 6.07) is 18.8. The molecule has 8 heteroatoms. The molecule has 1 heterocycles. The maximum atomic E-state index is 12.7. The molecule has 1 aliphatic rings. The summed E-state index contributed by atoms with van der Waals surface area (Å²) in [5, 5.41) is 2.82. The molecule has 7 nitrogen and oxygen atoms in total. The third kappa shape index (κ3) is 4.55. The van der Waals surface area contributed by atoms with Crippen molar-refractivity contribution in [2.75, 3.05) is 19.2 Å². The van der Waals surface area contributed by atoms with Crippen LogP contribution in [0.1, 0.15) is 21.5 Å². The number of anilines is 1. The molecule has 1 aliphatic heterocycles. The number of aryl methyl sites for hydroxylation is 1. The maximum absolute atomic E-state index is 12.7. The summed E-state index contributed by atoms with van der Waals surface area (Å²) in [6.45, 7) is 2.27. The van der Waals surface area contributed by atoms with Gasteiger partial charge in [-0.2, -0.15) is 4.31 Å². The lowest BCUT2D eigenvalue weighted by molar-refractivity contribution is 0.102. The van der Waals surface area contributed by atoms with Crippen molar-refractivity contribution >= 4 is 21.6 Å². The molecular formula is C23H22N2O5S. The monoisotopic (exact) mass is 438 g/mol. The van der Waals surface area contributed by atoms with Crippen molar-refractivity contribution < 1.29 is 22.7 Å². The van der Waals surface area contributed by atoms with Gasteiger partial charge in [0.2, 0.25) is 16.8 Å². The van der Waals surface area contributed by atoms with Crippen molar-refractivity contribution in [3.63, 3.8) is 0 Å². The number of sulfonamides is 1. The molecule has 0 atom stereocenters. The highest BCUT2D eigenvalue weighted by atomic mass is 32.2. The van der Waals surface area contributed by atoms with E-state index in [0.29, 0.717) is 22.7 Å². The highest BCUT2D eigenvalue weighted by Gasteiger charge is 2.21. The first kappa shape index (κ1) is 20.9. The van der Waals surface area contributed by atoms with Crippen LogP contribution in [-0.2, 0) is 16.6 Å². The number of ether oxygens (including phenoxy) is 2. The fourth-order valence-electron chi connectivity index (χ4n) is 3.17. The zero-order valence-corrected chi connectivity index (χ0v) is 18.0. The summed E-state index contributed by atoms with van der Waals surface area (Å²) >= 11 is 0. The molecule has 0 bridgehead atoms. The molecule has 0 spiro atoms. The van der Waals surface area contributed by atoms with Gasteiger partial charge in [-0.25, -0.2) is 8.42 Å². The van der Waals surface area contributed by atoms with Gasteiger partial charge >= 0.3 is 0 Å². The average molecular weight is 439 g/mol. The standard InChI is InChI=1S/C23H22N2O5S/c1-16-3-10-20(11-4-16)31(27,28)25(2)14-17-5-7-18(8-6-17)23(26)24-19-9-12-21-22(13-19)30-15-29-21/h3-13H,14-15H2,1-2H3,(H,24,26). The van der Waals surface area contributed by atoms with Crippen molar-refractivity contribution in [1.29, 1.82) is 0 Å². The van der Waals surface area contributed by atoms with Crippen molar-refractivity contribution in [3.8, 4) is 11.5 Å². The van der Waals surface area contributed by atoms with Gasteiger partial charge in [-0.3, -0.25) is 4.79 Å². The maximum Gasteiger partial charge on any atom is 0.255 e. The minimum absolute atomic E-state index is 0.169. The van der Waals surface area contributed by atoms with Gasteiger partial charge < -0.3 is 14.8 Å². The molecule has 31 heavy (non-hydrogen) atoms. The molecule has 4 rings (SSSR count). The van der Waals surface area contributed by atoms with Gasteiger partial charge in [0.25, 0.3) is 5.91 Å². The second kappa shape index (κ2) is 8.41. The highest BCUT2D eigenvalue weighted by molar-refractivity contribution is 7.89. The lowest BCUT2D eigenvalue weighted by Crippen LogP contribution is -2.26. The quantitative estimate of drug-likeness (QED) is 0.633. The van der Waals surface area contributed by atoms with E-state index in [1.165, 1.54) is 11.4 Å². The van der Waals surface area contributed by atoms with E-state index in [1.54, 1.807) is 66.7 Å². The van der Waals surface area contributed by atoms with Gasteiger partial charge in [-0.15, -0.1) is 0 Å². The lowest BCUT2D eigenvalue weighted by Gasteiger charge is -2.17. The topological polar surface area (TPSA) is 84.9 Å². The van der Waals surface area contributed by atoms with E-state index in [1.807, 2.05) is 6.92 Å². The third-order valence-electron chi connectivity index (χ3n) is 4.98. The van der Waals surface area contributed by atoms with Crippen molar-refractivity contribution in [3.05, 3.63) is 83.4 Å². The summed E-state index contributed by atoms with van der Waals surface area (Å²) in [4.78, 5) is 12.8. The number of nitrogens with one attached hydrogen (secondary N) is 1. The minimum atomic E-state index is -3.59. The number of hydrogen-bond donors (Lipinski definition) is 1. The molecule has 0 unspecified atom stereocenters. The minimum Gasteiger partial charge on any atom is -0.454 e. The third-order valence-corrected chi connectivity index (χ3v) is 6.80. The molecule has 0 aromatic heterocycles. The number of hydrogen-bond acceptors (Lipinski definition) is 5. The zero-order valence-electron chi connectivity index (χ0n) is 17.2. The largest absolute Gasteiger partial charge is 0.454 e. The van der Waals surface area contributed by atoms with Gasteiger partial charge in [-0.05, 0) is 48.9 Å². The first-order valence-electron chi connectivity index (χ1n) is 9.66. The molecule has 0 aliphatic carbocycles. The first-order valence-corrected chi connectivity index (χ1v) is 11.1. The zero-order chi connectivity index (χ0) is 22.0. The number of fused-ring (bicyclic) bond motifs is 1. The Morgan fingerprint density at radius 2 is 1.65 bits per heavy atom. The predicted octanol–water partition coefficient (Wildman–Crippen LogP) is 3.80. The van der Waals surface area contributed by atoms with Gasteiger partial charge in [0.1, 0.15) is 0 Å². The van der Waals surface area contributed by atoms with Crippen LogP contribution in [0.2, 0.25) is 0 Å². The molecule has 0 fully saturated rings. The van der Waals surface area contributed by atoms with E-state index < -0.39 is 10.0 Å². The van der Waals surface area contributed by atoms with Crippen LogP contribution in [0.4, 0.5) is 5.69 Å². The Bertz CT molecular complexity index is 1210.